The molecule has 2 rings (SSSR count). The van der Waals surface area contributed by atoms with Gasteiger partial charge in [-0.2, -0.15) is 0 Å². The molecule has 1 aliphatic rings. The molecule has 0 unspecified atom stereocenters. The van der Waals surface area contributed by atoms with Crippen LogP contribution in [0.1, 0.15) is 64.9 Å². The lowest BCUT2D eigenvalue weighted by molar-refractivity contribution is -0.143. The number of amides is 7. The molecule has 1 aromatic rings. The number of carboxylic acids is 1. The molecule has 15 N–H and O–H groups in total. The van der Waals surface area contributed by atoms with E-state index >= 15 is 0 Å². The Kier molecular flexibility index (Phi) is 19.3. The molecule has 8 atom stereocenters. The van der Waals surface area contributed by atoms with Crippen LogP contribution in [0.4, 0.5) is 0 Å². The molecule has 1 fully saturated rings. The van der Waals surface area contributed by atoms with Crippen LogP contribution in [0.2, 0.25) is 0 Å². The minimum Gasteiger partial charge on any atom is -0.480 e. The number of rotatable bonds is 23. The molecular weight excluding hydrogens is 746 g/mol. The van der Waals surface area contributed by atoms with Crippen LogP contribution in [0.5, 0.6) is 0 Å². The Morgan fingerprint density at radius 3 is 2.12 bits per heavy atom. The number of primary amides is 1. The fraction of sp³-hybridized carbons (Fsp3) is 0.583. The number of guanidine groups is 1. The second kappa shape index (κ2) is 23.3. The van der Waals surface area contributed by atoms with E-state index < -0.39 is 103 Å². The van der Waals surface area contributed by atoms with Crippen LogP contribution in [-0.2, 0) is 44.8 Å². The largest absolute Gasteiger partial charge is 0.480 e. The number of aliphatic imine (C=N–C) groups is 1. The van der Waals surface area contributed by atoms with Gasteiger partial charge in [-0.3, -0.25) is 38.6 Å². The molecule has 21 nitrogen and oxygen atoms in total. The number of carbonyl (C=O) groups is 8. The summed E-state index contributed by atoms with van der Waals surface area (Å²) in [6.07, 6.45) is -0.811. The Labute approximate surface area is 330 Å². The summed E-state index contributed by atoms with van der Waals surface area (Å²) in [6.45, 7) is 4.25. The highest BCUT2D eigenvalue weighted by molar-refractivity contribution is 5.98. The van der Waals surface area contributed by atoms with Crippen LogP contribution >= 0.6 is 0 Å². The van der Waals surface area contributed by atoms with Gasteiger partial charge in [-0.15, -0.1) is 0 Å². The molecule has 57 heavy (non-hydrogen) atoms. The average molecular weight is 804 g/mol. The van der Waals surface area contributed by atoms with E-state index in [1.807, 2.05) is 6.92 Å². The Hall–Kier alpha value is -5.83. The second-order valence-electron chi connectivity index (χ2n) is 13.9. The third kappa shape index (κ3) is 15.7. The monoisotopic (exact) mass is 803 g/mol. The van der Waals surface area contributed by atoms with Crippen LogP contribution < -0.4 is 49.5 Å². The molecule has 0 spiro atoms. The number of carbonyl (C=O) groups excluding carboxylic acids is 7. The molecule has 0 bridgehead atoms. The van der Waals surface area contributed by atoms with Gasteiger partial charge in [0, 0.05) is 19.5 Å². The van der Waals surface area contributed by atoms with E-state index in [9.17, 15) is 48.6 Å². The predicted molar refractivity (Wildman–Crippen MR) is 206 cm³/mol. The van der Waals surface area contributed by atoms with Gasteiger partial charge in [-0.25, -0.2) is 4.79 Å². The van der Waals surface area contributed by atoms with Crippen LogP contribution in [0, 0.1) is 5.92 Å². The highest BCUT2D eigenvalue weighted by atomic mass is 16.4. The number of hydrogen-bond acceptors (Lipinski definition) is 11. The van der Waals surface area contributed by atoms with Crippen LogP contribution in [0.15, 0.2) is 35.3 Å². The predicted octanol–water partition coefficient (Wildman–Crippen LogP) is -3.96. The first-order valence-corrected chi connectivity index (χ1v) is 18.7. The van der Waals surface area contributed by atoms with Crippen molar-refractivity contribution in [1.82, 2.24) is 31.5 Å². The summed E-state index contributed by atoms with van der Waals surface area (Å²) < 4.78 is 0. The Morgan fingerprint density at radius 2 is 1.54 bits per heavy atom. The summed E-state index contributed by atoms with van der Waals surface area (Å²) in [5.74, 6) is -7.55. The van der Waals surface area contributed by atoms with Crippen LogP contribution in [0.3, 0.4) is 0 Å². The highest BCUT2D eigenvalue weighted by Gasteiger charge is 2.40. The zero-order valence-electron chi connectivity index (χ0n) is 32.4. The van der Waals surface area contributed by atoms with Gasteiger partial charge in [-0.05, 0) is 44.1 Å². The van der Waals surface area contributed by atoms with Gasteiger partial charge < -0.3 is 64.6 Å². The van der Waals surface area contributed by atoms with Gasteiger partial charge in [0.05, 0.1) is 25.1 Å². The lowest BCUT2D eigenvalue weighted by Crippen LogP contribution is -2.60. The van der Waals surface area contributed by atoms with Gasteiger partial charge in [0.25, 0.3) is 0 Å². The summed E-state index contributed by atoms with van der Waals surface area (Å²) >= 11 is 0. The van der Waals surface area contributed by atoms with Gasteiger partial charge in [0.2, 0.25) is 41.4 Å². The highest BCUT2D eigenvalue weighted by Crippen LogP contribution is 2.20. The number of aliphatic hydroxyl groups is 1. The molecule has 316 valence electrons. The number of aliphatic hydroxyl groups excluding tert-OH is 1. The molecule has 1 aromatic carbocycles. The standard InChI is InChI=1S/C36H57N11O10/c1-4-19(2)28(38)32(53)44-23(17-26(37)49)34(55)47-15-9-13-25(47)31(52)46-29(20(3)48)33(54)42-18-27(50)43-22(12-8-14-41-36(39)40)30(51)45-24(35(56)57)16-21-10-6-5-7-11-21/h5-7,10-11,19-20,22-25,28-29,48H,4,8-9,12-18,38H2,1-3H3,(H2,37,49)(H,42,54)(H,43,50)(H,44,53)(H,45,51)(H,46,52)(H,56,57)(H4,39,40,41)/t19-,20+,22-,23-,24-,25-,28-,29-/m0/s1. The number of nitrogens with zero attached hydrogens (tertiary/aromatic N) is 2. The van der Waals surface area contributed by atoms with Crippen molar-refractivity contribution in [2.75, 3.05) is 19.6 Å². The SMILES string of the molecule is CC[C@H](C)[C@H](N)C(=O)N[C@@H](CC(N)=O)C(=O)N1CCC[C@H]1C(=O)N[C@H](C(=O)NCC(=O)N[C@@H](CCCN=C(N)N)C(=O)N[C@@H](Cc1ccccc1)C(=O)O)[C@@H](C)O. The third-order valence-corrected chi connectivity index (χ3v) is 9.40. The molecule has 1 saturated heterocycles. The summed E-state index contributed by atoms with van der Waals surface area (Å²) in [7, 11) is 0. The number of nitrogens with two attached hydrogens (primary N) is 4. The van der Waals surface area contributed by atoms with E-state index in [1.165, 1.54) is 6.92 Å². The number of likely N-dealkylation sites (tertiary alicyclic amines) is 1. The van der Waals surface area contributed by atoms with E-state index in [0.29, 0.717) is 18.4 Å². The van der Waals surface area contributed by atoms with Crippen molar-refractivity contribution in [3.8, 4) is 0 Å². The topological polar surface area (TPSA) is 357 Å². The molecule has 21 heteroatoms. The van der Waals surface area contributed by atoms with E-state index in [-0.39, 0.29) is 50.7 Å². The van der Waals surface area contributed by atoms with Crippen molar-refractivity contribution < 1.29 is 48.6 Å². The van der Waals surface area contributed by atoms with Crippen molar-refractivity contribution in [3.05, 3.63) is 35.9 Å². The first-order chi connectivity index (χ1) is 26.9. The van der Waals surface area contributed by atoms with Crippen LogP contribution in [0.25, 0.3) is 0 Å². The number of hydrogen-bond donors (Lipinski definition) is 11. The van der Waals surface area contributed by atoms with Crippen molar-refractivity contribution in [3.63, 3.8) is 0 Å². The van der Waals surface area contributed by atoms with Crippen molar-refractivity contribution >= 4 is 53.3 Å². The maximum atomic E-state index is 13.6. The molecular formula is C36H57N11O10. The smallest absolute Gasteiger partial charge is 0.326 e. The molecule has 0 radical (unpaired) electrons. The summed E-state index contributed by atoms with van der Waals surface area (Å²) in [5.41, 5.74) is 22.7. The van der Waals surface area contributed by atoms with Gasteiger partial charge in [0.1, 0.15) is 30.2 Å². The van der Waals surface area contributed by atoms with Gasteiger partial charge in [0.15, 0.2) is 5.96 Å². The zero-order valence-corrected chi connectivity index (χ0v) is 32.4. The summed E-state index contributed by atoms with van der Waals surface area (Å²) in [5, 5.41) is 32.3. The van der Waals surface area contributed by atoms with E-state index in [0.717, 1.165) is 4.90 Å². The number of nitrogens with one attached hydrogen (secondary N) is 5. The first kappa shape index (κ1) is 47.3. The van der Waals surface area contributed by atoms with Gasteiger partial charge >= 0.3 is 5.97 Å². The zero-order chi connectivity index (χ0) is 42.8. The minimum atomic E-state index is -1.61. The first-order valence-electron chi connectivity index (χ1n) is 18.7. The molecule has 7 amide bonds. The Morgan fingerprint density at radius 1 is 0.895 bits per heavy atom. The lowest BCUT2D eigenvalue weighted by Gasteiger charge is -2.30. The molecule has 1 heterocycles. The lowest BCUT2D eigenvalue weighted by atomic mass is 9.98. The van der Waals surface area contributed by atoms with Crippen LogP contribution in [-0.4, -0.2) is 130 Å². The fourth-order valence-electron chi connectivity index (χ4n) is 5.96. The van der Waals surface area contributed by atoms with E-state index in [4.69, 9.17) is 22.9 Å². The number of aliphatic carboxylic acids is 1. The number of benzene rings is 1. The normalized spacial score (nSPS) is 17.3. The van der Waals surface area contributed by atoms with Crippen molar-refractivity contribution in [1.29, 1.82) is 0 Å². The molecule has 1 aliphatic heterocycles. The maximum Gasteiger partial charge on any atom is 0.326 e. The fourth-order valence-corrected chi connectivity index (χ4v) is 5.96. The van der Waals surface area contributed by atoms with Gasteiger partial charge in [-0.1, -0.05) is 50.6 Å². The average Bonchev–Trinajstić information content (AvgIpc) is 3.66. The van der Waals surface area contributed by atoms with Crippen molar-refractivity contribution in [2.45, 2.75) is 108 Å². The Bertz CT molecular complexity index is 1610. The Balaban J connectivity index is 2.12. The minimum absolute atomic E-state index is 0.0163. The summed E-state index contributed by atoms with van der Waals surface area (Å²) in [6, 6.07) is 0.826. The van der Waals surface area contributed by atoms with E-state index in [2.05, 4.69) is 31.6 Å². The number of carboxylic acid groups (broad SMARTS) is 1. The third-order valence-electron chi connectivity index (χ3n) is 9.40. The molecule has 0 aliphatic carbocycles. The molecule has 0 saturated carbocycles. The molecule has 0 aromatic heterocycles. The van der Waals surface area contributed by atoms with Crippen molar-refractivity contribution in [2.24, 2.45) is 33.8 Å². The van der Waals surface area contributed by atoms with E-state index in [1.54, 1.807) is 37.3 Å². The summed E-state index contributed by atoms with van der Waals surface area (Å²) in [4.78, 5) is 108. The maximum absolute atomic E-state index is 13.6. The quantitative estimate of drug-likeness (QED) is 0.0286. The second-order valence-corrected chi connectivity index (χ2v) is 13.9.